The van der Waals surface area contributed by atoms with Gasteiger partial charge in [0.1, 0.15) is 5.76 Å². The van der Waals surface area contributed by atoms with Gasteiger partial charge in [-0.1, -0.05) is 6.58 Å². The Morgan fingerprint density at radius 3 is 2.67 bits per heavy atom. The SMILES string of the molecule is C=Nc1c(C(=C)O)cc2c(c1Br)C(=O)C(C)(C)S2. The summed E-state index contributed by atoms with van der Waals surface area (Å²) in [6, 6.07) is 1.74. The molecule has 0 bridgehead atoms. The van der Waals surface area contributed by atoms with Gasteiger partial charge in [0.05, 0.1) is 14.9 Å². The zero-order valence-corrected chi connectivity index (χ0v) is 12.5. The van der Waals surface area contributed by atoms with Crippen LogP contribution in [-0.2, 0) is 0 Å². The van der Waals surface area contributed by atoms with Crippen LogP contribution in [0.25, 0.3) is 5.76 Å². The Hall–Kier alpha value is -1.07. The predicted molar refractivity (Wildman–Crippen MR) is 79.3 cm³/mol. The third kappa shape index (κ3) is 1.82. The zero-order chi connectivity index (χ0) is 13.7. The van der Waals surface area contributed by atoms with Crippen LogP contribution >= 0.6 is 27.7 Å². The van der Waals surface area contributed by atoms with Gasteiger partial charge >= 0.3 is 0 Å². The molecule has 0 atom stereocenters. The lowest BCUT2D eigenvalue weighted by Gasteiger charge is -2.12. The molecule has 1 N–H and O–H groups in total. The third-order valence-electron chi connectivity index (χ3n) is 2.81. The highest BCUT2D eigenvalue weighted by molar-refractivity contribution is 9.10. The molecular formula is C13H12BrNO2S. The molecule has 0 spiro atoms. The van der Waals surface area contributed by atoms with Crippen LogP contribution in [-0.4, -0.2) is 22.4 Å². The Balaban J connectivity index is 2.78. The van der Waals surface area contributed by atoms with Gasteiger partial charge in [0.25, 0.3) is 0 Å². The summed E-state index contributed by atoms with van der Waals surface area (Å²) < 4.78 is 0.0712. The topological polar surface area (TPSA) is 49.7 Å². The van der Waals surface area contributed by atoms with E-state index in [4.69, 9.17) is 0 Å². The van der Waals surface area contributed by atoms with Crippen molar-refractivity contribution in [3.63, 3.8) is 0 Å². The average Bonchev–Trinajstić information content (AvgIpc) is 2.49. The van der Waals surface area contributed by atoms with Crippen LogP contribution in [0.2, 0.25) is 0 Å². The smallest absolute Gasteiger partial charge is 0.181 e. The first-order valence-corrected chi connectivity index (χ1v) is 6.86. The number of hydrogen-bond donors (Lipinski definition) is 1. The van der Waals surface area contributed by atoms with Crippen molar-refractivity contribution in [2.45, 2.75) is 23.5 Å². The van der Waals surface area contributed by atoms with E-state index < -0.39 is 4.75 Å². The van der Waals surface area contributed by atoms with Gasteiger partial charge in [-0.15, -0.1) is 11.8 Å². The van der Waals surface area contributed by atoms with Crippen LogP contribution in [0.15, 0.2) is 27.0 Å². The highest BCUT2D eigenvalue weighted by atomic mass is 79.9. The van der Waals surface area contributed by atoms with Gasteiger partial charge in [-0.3, -0.25) is 9.79 Å². The number of aliphatic hydroxyl groups excluding tert-OH is 1. The quantitative estimate of drug-likeness (QED) is 0.648. The molecule has 0 unspecified atom stereocenters. The molecule has 1 aliphatic rings. The highest BCUT2D eigenvalue weighted by Crippen LogP contribution is 2.51. The number of hydrogen-bond acceptors (Lipinski definition) is 4. The lowest BCUT2D eigenvalue weighted by Crippen LogP contribution is -2.22. The Labute approximate surface area is 118 Å². The third-order valence-corrected chi connectivity index (χ3v) is 4.82. The first kappa shape index (κ1) is 13.4. The fourth-order valence-corrected chi connectivity index (χ4v) is 3.99. The van der Waals surface area contributed by atoms with Crippen molar-refractivity contribution in [3.8, 4) is 0 Å². The standard InChI is InChI=1S/C13H12BrNO2S/c1-6(16)7-5-8-9(10(14)11(7)15-4)12(17)13(2,3)18-8/h5,16H,1,4H2,2-3H3. The number of carbonyl (C=O) groups excluding carboxylic acids is 1. The maximum absolute atomic E-state index is 12.3. The van der Waals surface area contributed by atoms with Gasteiger partial charge in [0.2, 0.25) is 0 Å². The van der Waals surface area contributed by atoms with Crippen LogP contribution in [0.1, 0.15) is 29.8 Å². The second kappa shape index (κ2) is 4.24. The molecule has 0 saturated heterocycles. The number of aliphatic imine (C=N–C) groups is 1. The summed E-state index contributed by atoms with van der Waals surface area (Å²) in [4.78, 5) is 17.0. The van der Waals surface area contributed by atoms with Crippen molar-refractivity contribution < 1.29 is 9.90 Å². The molecule has 1 aliphatic heterocycles. The summed E-state index contributed by atoms with van der Waals surface area (Å²) >= 11 is 4.86. The number of rotatable bonds is 2. The van der Waals surface area contributed by atoms with Gasteiger partial charge in [0, 0.05) is 16.0 Å². The molecule has 5 heteroatoms. The van der Waals surface area contributed by atoms with Crippen LogP contribution in [0, 0.1) is 0 Å². The van der Waals surface area contributed by atoms with Crippen molar-refractivity contribution >= 4 is 51.6 Å². The van der Waals surface area contributed by atoms with E-state index in [0.717, 1.165) is 4.90 Å². The monoisotopic (exact) mass is 325 g/mol. The van der Waals surface area contributed by atoms with E-state index in [1.807, 2.05) is 13.8 Å². The fraction of sp³-hybridized carbons (Fsp3) is 0.231. The second-order valence-electron chi connectivity index (χ2n) is 4.51. The number of thioether (sulfide) groups is 1. The number of fused-ring (bicyclic) bond motifs is 1. The number of aliphatic hydroxyl groups is 1. The van der Waals surface area contributed by atoms with E-state index in [9.17, 15) is 9.90 Å². The lowest BCUT2D eigenvalue weighted by atomic mass is 9.98. The van der Waals surface area contributed by atoms with Crippen LogP contribution in [0.4, 0.5) is 5.69 Å². The van der Waals surface area contributed by atoms with E-state index in [1.54, 1.807) is 6.07 Å². The molecule has 1 aromatic rings. The minimum Gasteiger partial charge on any atom is -0.508 e. The molecular weight excluding hydrogens is 314 g/mol. The number of carbonyl (C=O) groups is 1. The molecule has 0 aliphatic carbocycles. The molecule has 0 radical (unpaired) electrons. The van der Waals surface area contributed by atoms with E-state index in [1.165, 1.54) is 11.8 Å². The van der Waals surface area contributed by atoms with Crippen molar-refractivity contribution in [3.05, 3.63) is 28.2 Å². The van der Waals surface area contributed by atoms with E-state index in [0.29, 0.717) is 21.3 Å². The molecule has 3 nitrogen and oxygen atoms in total. The molecule has 18 heavy (non-hydrogen) atoms. The van der Waals surface area contributed by atoms with Crippen LogP contribution < -0.4 is 0 Å². The number of nitrogens with zero attached hydrogens (tertiary/aromatic N) is 1. The first-order valence-electron chi connectivity index (χ1n) is 5.25. The Morgan fingerprint density at radius 2 is 2.17 bits per heavy atom. The highest BCUT2D eigenvalue weighted by Gasteiger charge is 2.41. The Bertz CT molecular complexity index is 593. The number of halogens is 1. The summed E-state index contributed by atoms with van der Waals surface area (Å²) in [6.45, 7) is 10.7. The molecule has 1 aromatic carbocycles. The lowest BCUT2D eigenvalue weighted by molar-refractivity contribution is 0.0960. The Kier molecular flexibility index (Phi) is 3.15. The van der Waals surface area contributed by atoms with Gasteiger partial charge < -0.3 is 5.11 Å². The molecule has 94 valence electrons. The summed E-state index contributed by atoms with van der Waals surface area (Å²) in [7, 11) is 0. The van der Waals surface area contributed by atoms with Gasteiger partial charge in [-0.25, -0.2) is 0 Å². The minimum atomic E-state index is -0.501. The van der Waals surface area contributed by atoms with E-state index in [-0.39, 0.29) is 11.5 Å². The zero-order valence-electron chi connectivity index (χ0n) is 10.1. The maximum Gasteiger partial charge on any atom is 0.181 e. The second-order valence-corrected chi connectivity index (χ2v) is 6.96. The number of ketones is 1. The maximum atomic E-state index is 12.3. The van der Waals surface area contributed by atoms with Crippen molar-refractivity contribution in [1.29, 1.82) is 0 Å². The normalized spacial score (nSPS) is 16.5. The number of benzene rings is 1. The molecule has 0 saturated carbocycles. The molecule has 2 rings (SSSR count). The summed E-state index contributed by atoms with van der Waals surface area (Å²) in [5, 5.41) is 9.59. The Morgan fingerprint density at radius 1 is 1.56 bits per heavy atom. The van der Waals surface area contributed by atoms with Crippen LogP contribution in [0.3, 0.4) is 0 Å². The van der Waals surface area contributed by atoms with Crippen molar-refractivity contribution in [1.82, 2.24) is 0 Å². The fourth-order valence-electron chi connectivity index (χ4n) is 1.91. The number of Topliss-reactive ketones (excluding diaryl/α,β-unsaturated/α-hetero) is 1. The van der Waals surface area contributed by atoms with Gasteiger partial charge in [-0.2, -0.15) is 0 Å². The van der Waals surface area contributed by atoms with Crippen molar-refractivity contribution in [2.75, 3.05) is 0 Å². The summed E-state index contributed by atoms with van der Waals surface area (Å²) in [6.07, 6.45) is 0. The van der Waals surface area contributed by atoms with Crippen molar-refractivity contribution in [2.24, 2.45) is 4.99 Å². The van der Waals surface area contributed by atoms with E-state index >= 15 is 0 Å². The summed E-state index contributed by atoms with van der Waals surface area (Å²) in [5.74, 6) is -0.0342. The van der Waals surface area contributed by atoms with Gasteiger partial charge in [-0.05, 0) is 42.6 Å². The average molecular weight is 326 g/mol. The van der Waals surface area contributed by atoms with Crippen LogP contribution in [0.5, 0.6) is 0 Å². The first-order chi connectivity index (χ1) is 8.29. The largest absolute Gasteiger partial charge is 0.508 e. The van der Waals surface area contributed by atoms with Gasteiger partial charge in [0.15, 0.2) is 5.78 Å². The minimum absolute atomic E-state index is 0.0503. The van der Waals surface area contributed by atoms with E-state index in [2.05, 4.69) is 34.2 Å². The molecule has 1 heterocycles. The summed E-state index contributed by atoms with van der Waals surface area (Å²) in [5.41, 5.74) is 1.55. The molecule has 0 fully saturated rings. The molecule has 0 aromatic heterocycles. The molecule has 0 amide bonds. The predicted octanol–water partition coefficient (Wildman–Crippen LogP) is 4.38.